The van der Waals surface area contributed by atoms with Crippen molar-refractivity contribution in [2.45, 2.75) is 4.90 Å². The Hall–Kier alpha value is -2.82. The Labute approximate surface area is 161 Å². The maximum atomic E-state index is 12.6. The molecule has 10 heteroatoms. The van der Waals surface area contributed by atoms with Crippen LogP contribution in [0.3, 0.4) is 0 Å². The summed E-state index contributed by atoms with van der Waals surface area (Å²) in [5.41, 5.74) is 0.147. The van der Waals surface area contributed by atoms with Gasteiger partial charge in [-0.3, -0.25) is 14.9 Å². The van der Waals surface area contributed by atoms with Crippen molar-refractivity contribution >= 4 is 21.5 Å². The number of ether oxygens (including phenoxy) is 2. The van der Waals surface area contributed by atoms with E-state index in [0.717, 1.165) is 0 Å². The van der Waals surface area contributed by atoms with Crippen LogP contribution in [0.2, 0.25) is 0 Å². The average molecular weight is 406 g/mol. The lowest BCUT2D eigenvalue weighted by atomic mass is 10.1. The van der Waals surface area contributed by atoms with E-state index in [0.29, 0.717) is 26.3 Å². The van der Waals surface area contributed by atoms with Gasteiger partial charge in [-0.1, -0.05) is 6.07 Å². The summed E-state index contributed by atoms with van der Waals surface area (Å²) in [5, 5.41) is 10.8. The van der Waals surface area contributed by atoms with Crippen LogP contribution < -0.4 is 4.74 Å². The molecule has 1 saturated heterocycles. The first kappa shape index (κ1) is 19.9. The molecule has 0 atom stereocenters. The van der Waals surface area contributed by atoms with Crippen molar-refractivity contribution in [3.05, 3.63) is 64.2 Å². The van der Waals surface area contributed by atoms with E-state index in [1.54, 1.807) is 0 Å². The normalized spacial score (nSPS) is 15.1. The molecule has 0 unspecified atom stereocenters. The number of ketones is 1. The van der Waals surface area contributed by atoms with Crippen LogP contribution in [-0.2, 0) is 14.8 Å². The average Bonchev–Trinajstić information content (AvgIpc) is 2.73. The first-order valence-corrected chi connectivity index (χ1v) is 9.90. The lowest BCUT2D eigenvalue weighted by molar-refractivity contribution is -0.384. The summed E-state index contributed by atoms with van der Waals surface area (Å²) in [5.74, 6) is -0.170. The molecule has 0 aliphatic carbocycles. The Balaban J connectivity index is 1.65. The molecule has 148 valence electrons. The van der Waals surface area contributed by atoms with Crippen LogP contribution in [0, 0.1) is 10.1 Å². The smallest absolute Gasteiger partial charge is 0.273 e. The second kappa shape index (κ2) is 8.46. The highest BCUT2D eigenvalue weighted by molar-refractivity contribution is 7.89. The van der Waals surface area contributed by atoms with E-state index < -0.39 is 14.9 Å². The number of nitro benzene ring substituents is 1. The number of nitro groups is 1. The van der Waals surface area contributed by atoms with E-state index in [4.69, 9.17) is 9.47 Å². The molecule has 0 saturated carbocycles. The number of Topliss-reactive ketones (excluding diaryl/α,β-unsaturated/α-hetero) is 1. The Morgan fingerprint density at radius 2 is 1.82 bits per heavy atom. The molecule has 28 heavy (non-hydrogen) atoms. The third kappa shape index (κ3) is 4.53. The summed E-state index contributed by atoms with van der Waals surface area (Å²) < 4.78 is 37.0. The van der Waals surface area contributed by atoms with Crippen molar-refractivity contribution in [3.8, 4) is 5.75 Å². The maximum Gasteiger partial charge on any atom is 0.273 e. The van der Waals surface area contributed by atoms with Crippen LogP contribution in [0.1, 0.15) is 10.4 Å². The molecule has 0 radical (unpaired) electrons. The van der Waals surface area contributed by atoms with Crippen LogP contribution in [0.25, 0.3) is 0 Å². The molecule has 2 aromatic carbocycles. The summed E-state index contributed by atoms with van der Waals surface area (Å²) in [4.78, 5) is 22.6. The number of benzene rings is 2. The third-order valence-corrected chi connectivity index (χ3v) is 6.10. The molecule has 2 aromatic rings. The van der Waals surface area contributed by atoms with Gasteiger partial charge in [0.2, 0.25) is 10.0 Å². The molecule has 0 N–H and O–H groups in total. The van der Waals surface area contributed by atoms with Crippen molar-refractivity contribution in [1.29, 1.82) is 0 Å². The van der Waals surface area contributed by atoms with Gasteiger partial charge in [0.1, 0.15) is 5.75 Å². The fourth-order valence-corrected chi connectivity index (χ4v) is 4.08. The van der Waals surface area contributed by atoms with Gasteiger partial charge in [0.25, 0.3) is 5.69 Å². The van der Waals surface area contributed by atoms with E-state index in [9.17, 15) is 23.3 Å². The Morgan fingerprint density at radius 1 is 1.14 bits per heavy atom. The molecule has 1 aliphatic heterocycles. The second-order valence-corrected chi connectivity index (χ2v) is 7.95. The number of morpholine rings is 1. The van der Waals surface area contributed by atoms with E-state index in [2.05, 4.69) is 0 Å². The van der Waals surface area contributed by atoms with Crippen molar-refractivity contribution in [1.82, 2.24) is 4.31 Å². The van der Waals surface area contributed by atoms with Crippen molar-refractivity contribution in [2.24, 2.45) is 0 Å². The van der Waals surface area contributed by atoms with E-state index in [1.165, 1.54) is 52.8 Å². The molecule has 0 bridgehead atoms. The molecule has 1 aliphatic rings. The summed E-state index contributed by atoms with van der Waals surface area (Å²) in [6.45, 7) is 0.965. The van der Waals surface area contributed by atoms with Crippen LogP contribution in [0.5, 0.6) is 5.75 Å². The zero-order valence-electron chi connectivity index (χ0n) is 14.8. The molecule has 3 rings (SSSR count). The first-order chi connectivity index (χ1) is 13.4. The van der Waals surface area contributed by atoms with E-state index in [1.807, 2.05) is 0 Å². The minimum Gasteiger partial charge on any atom is -0.485 e. The van der Waals surface area contributed by atoms with E-state index in [-0.39, 0.29) is 34.3 Å². The number of non-ortho nitro benzene ring substituents is 1. The highest BCUT2D eigenvalue weighted by Crippen LogP contribution is 2.20. The number of nitrogens with zero attached hydrogens (tertiary/aromatic N) is 2. The number of carbonyl (C=O) groups excluding carboxylic acids is 1. The Bertz CT molecular complexity index is 968. The first-order valence-electron chi connectivity index (χ1n) is 8.46. The molecular formula is C18H18N2O7S. The third-order valence-electron chi connectivity index (χ3n) is 4.18. The Morgan fingerprint density at radius 3 is 2.46 bits per heavy atom. The maximum absolute atomic E-state index is 12.6. The van der Waals surface area contributed by atoms with Crippen molar-refractivity contribution in [2.75, 3.05) is 32.9 Å². The number of carbonyl (C=O) groups is 1. The van der Waals surface area contributed by atoms with Crippen LogP contribution >= 0.6 is 0 Å². The second-order valence-electron chi connectivity index (χ2n) is 6.01. The Kier molecular flexibility index (Phi) is 6.02. The molecule has 0 amide bonds. The molecule has 1 fully saturated rings. The summed E-state index contributed by atoms with van der Waals surface area (Å²) in [6.07, 6.45) is 0. The molecule has 0 aromatic heterocycles. The highest BCUT2D eigenvalue weighted by atomic mass is 32.2. The predicted molar refractivity (Wildman–Crippen MR) is 98.9 cm³/mol. The fraction of sp³-hybridized carbons (Fsp3) is 0.278. The largest absolute Gasteiger partial charge is 0.485 e. The number of hydrogen-bond donors (Lipinski definition) is 0. The summed E-state index contributed by atoms with van der Waals surface area (Å²) in [7, 11) is -3.63. The monoisotopic (exact) mass is 406 g/mol. The minimum atomic E-state index is -3.63. The van der Waals surface area contributed by atoms with Crippen LogP contribution in [0.4, 0.5) is 5.69 Å². The quantitative estimate of drug-likeness (QED) is 0.391. The van der Waals surface area contributed by atoms with Gasteiger partial charge in [0, 0.05) is 24.7 Å². The molecule has 9 nitrogen and oxygen atoms in total. The number of hydrogen-bond acceptors (Lipinski definition) is 7. The van der Waals surface area contributed by atoms with Crippen LogP contribution in [-0.4, -0.2) is 56.3 Å². The van der Waals surface area contributed by atoms with Gasteiger partial charge in [-0.15, -0.1) is 0 Å². The van der Waals surface area contributed by atoms with Gasteiger partial charge < -0.3 is 9.47 Å². The van der Waals surface area contributed by atoms with Gasteiger partial charge >= 0.3 is 0 Å². The molecule has 1 heterocycles. The predicted octanol–water partition coefficient (Wildman–Crippen LogP) is 1.88. The van der Waals surface area contributed by atoms with Gasteiger partial charge in [-0.05, 0) is 30.3 Å². The van der Waals surface area contributed by atoms with Gasteiger partial charge in [0.05, 0.1) is 29.1 Å². The van der Waals surface area contributed by atoms with Gasteiger partial charge in [0.15, 0.2) is 12.4 Å². The number of sulfonamides is 1. The summed E-state index contributed by atoms with van der Waals surface area (Å²) in [6, 6.07) is 11.1. The van der Waals surface area contributed by atoms with Crippen molar-refractivity contribution < 1.29 is 27.6 Å². The lowest BCUT2D eigenvalue weighted by Crippen LogP contribution is -2.40. The molecule has 0 spiro atoms. The number of rotatable bonds is 7. The van der Waals surface area contributed by atoms with Gasteiger partial charge in [-0.2, -0.15) is 4.31 Å². The van der Waals surface area contributed by atoms with Gasteiger partial charge in [-0.25, -0.2) is 8.42 Å². The zero-order valence-corrected chi connectivity index (χ0v) is 15.6. The SMILES string of the molecule is O=C(COc1cccc([N+](=O)[O-])c1)c1ccc(S(=O)(=O)N2CCOCC2)cc1. The summed E-state index contributed by atoms with van der Waals surface area (Å²) >= 11 is 0. The zero-order chi connectivity index (χ0) is 20.1. The van der Waals surface area contributed by atoms with Crippen LogP contribution in [0.15, 0.2) is 53.4 Å². The fourth-order valence-electron chi connectivity index (χ4n) is 2.67. The van der Waals surface area contributed by atoms with E-state index >= 15 is 0 Å². The van der Waals surface area contributed by atoms with Crippen molar-refractivity contribution in [3.63, 3.8) is 0 Å². The minimum absolute atomic E-state index is 0.102. The highest BCUT2D eigenvalue weighted by Gasteiger charge is 2.26. The molecular weight excluding hydrogens is 388 g/mol. The standard InChI is InChI=1S/C18H18N2O7S/c21-18(13-27-16-3-1-2-15(12-16)20(22)23)14-4-6-17(7-5-14)28(24,25)19-8-10-26-11-9-19/h1-7,12H,8-11,13H2. The topological polar surface area (TPSA) is 116 Å². The lowest BCUT2D eigenvalue weighted by Gasteiger charge is -2.26.